The number of unbranched alkanes of at least 4 members (excludes halogenated alkanes) is 1. The SMILES string of the molecule is CC(C)CCCCNc1ccc(C(N)=S)nc1. The highest BCUT2D eigenvalue weighted by Gasteiger charge is 1.98. The first kappa shape index (κ1) is 13.9. The van der Waals surface area contributed by atoms with E-state index in [0.717, 1.165) is 18.2 Å². The summed E-state index contributed by atoms with van der Waals surface area (Å²) in [5.74, 6) is 0.793. The zero-order valence-corrected chi connectivity index (χ0v) is 11.4. The van der Waals surface area contributed by atoms with Crippen LogP contribution in [0.2, 0.25) is 0 Å². The molecule has 4 heteroatoms. The number of hydrogen-bond donors (Lipinski definition) is 2. The number of thiocarbonyl (C=S) groups is 1. The molecule has 0 atom stereocenters. The first-order chi connectivity index (χ1) is 8.09. The topological polar surface area (TPSA) is 50.9 Å². The quantitative estimate of drug-likeness (QED) is 0.578. The number of nitrogens with zero attached hydrogens (tertiary/aromatic N) is 1. The van der Waals surface area contributed by atoms with Crippen molar-refractivity contribution in [1.29, 1.82) is 0 Å². The fourth-order valence-electron chi connectivity index (χ4n) is 1.55. The second kappa shape index (κ2) is 7.22. The lowest BCUT2D eigenvalue weighted by Crippen LogP contribution is -2.11. The van der Waals surface area contributed by atoms with Crippen molar-refractivity contribution in [1.82, 2.24) is 4.98 Å². The van der Waals surface area contributed by atoms with Gasteiger partial charge in [0.25, 0.3) is 0 Å². The van der Waals surface area contributed by atoms with Crippen LogP contribution in [0.4, 0.5) is 5.69 Å². The molecule has 0 unspecified atom stereocenters. The van der Waals surface area contributed by atoms with E-state index < -0.39 is 0 Å². The van der Waals surface area contributed by atoms with E-state index in [0.29, 0.717) is 10.7 Å². The lowest BCUT2D eigenvalue weighted by Gasteiger charge is -2.07. The summed E-state index contributed by atoms with van der Waals surface area (Å²) in [7, 11) is 0. The van der Waals surface area contributed by atoms with E-state index in [2.05, 4.69) is 24.1 Å². The number of anilines is 1. The zero-order chi connectivity index (χ0) is 12.7. The number of pyridine rings is 1. The molecular weight excluding hydrogens is 230 g/mol. The molecule has 1 aromatic heterocycles. The molecule has 0 saturated heterocycles. The van der Waals surface area contributed by atoms with Crippen molar-refractivity contribution < 1.29 is 0 Å². The van der Waals surface area contributed by atoms with Crippen LogP contribution in [-0.2, 0) is 0 Å². The third kappa shape index (κ3) is 5.63. The van der Waals surface area contributed by atoms with E-state index >= 15 is 0 Å². The van der Waals surface area contributed by atoms with E-state index in [4.69, 9.17) is 18.0 Å². The summed E-state index contributed by atoms with van der Waals surface area (Å²) < 4.78 is 0. The number of aromatic nitrogens is 1. The summed E-state index contributed by atoms with van der Waals surface area (Å²) >= 11 is 4.85. The summed E-state index contributed by atoms with van der Waals surface area (Å²) in [6.07, 6.45) is 5.52. The molecule has 1 rings (SSSR count). The van der Waals surface area contributed by atoms with Crippen molar-refractivity contribution in [3.05, 3.63) is 24.0 Å². The van der Waals surface area contributed by atoms with Crippen LogP contribution in [-0.4, -0.2) is 16.5 Å². The second-order valence-electron chi connectivity index (χ2n) is 4.61. The monoisotopic (exact) mass is 251 g/mol. The van der Waals surface area contributed by atoms with Gasteiger partial charge in [0, 0.05) is 6.54 Å². The Balaban J connectivity index is 2.25. The Bertz CT molecular complexity index is 346. The number of rotatable bonds is 7. The Labute approximate surface area is 109 Å². The summed E-state index contributed by atoms with van der Waals surface area (Å²) in [5.41, 5.74) is 7.17. The van der Waals surface area contributed by atoms with Crippen molar-refractivity contribution in [3.8, 4) is 0 Å². The van der Waals surface area contributed by atoms with Gasteiger partial charge in [-0.1, -0.05) is 38.9 Å². The Morgan fingerprint density at radius 2 is 2.18 bits per heavy atom. The predicted octanol–water partition coefficient (Wildman–Crippen LogP) is 2.95. The fourth-order valence-corrected chi connectivity index (χ4v) is 1.68. The van der Waals surface area contributed by atoms with Gasteiger partial charge in [-0.2, -0.15) is 0 Å². The first-order valence-corrected chi connectivity index (χ1v) is 6.50. The Kier molecular flexibility index (Phi) is 5.91. The summed E-state index contributed by atoms with van der Waals surface area (Å²) in [4.78, 5) is 4.52. The van der Waals surface area contributed by atoms with Gasteiger partial charge in [0.2, 0.25) is 0 Å². The molecule has 0 fully saturated rings. The molecule has 0 amide bonds. The van der Waals surface area contributed by atoms with E-state index in [1.807, 2.05) is 12.1 Å². The van der Waals surface area contributed by atoms with Crippen LogP contribution in [0.3, 0.4) is 0 Å². The van der Waals surface area contributed by atoms with Crippen molar-refractivity contribution in [2.24, 2.45) is 11.7 Å². The van der Waals surface area contributed by atoms with Gasteiger partial charge in [-0.05, 0) is 24.5 Å². The average Bonchev–Trinajstić information content (AvgIpc) is 2.29. The normalized spacial score (nSPS) is 10.5. The van der Waals surface area contributed by atoms with Gasteiger partial charge >= 0.3 is 0 Å². The second-order valence-corrected chi connectivity index (χ2v) is 5.05. The molecule has 3 nitrogen and oxygen atoms in total. The van der Waals surface area contributed by atoms with E-state index in [9.17, 15) is 0 Å². The molecule has 0 aromatic carbocycles. The maximum absolute atomic E-state index is 5.48. The molecule has 94 valence electrons. The highest BCUT2D eigenvalue weighted by atomic mass is 32.1. The lowest BCUT2D eigenvalue weighted by molar-refractivity contribution is 0.545. The van der Waals surface area contributed by atoms with Crippen molar-refractivity contribution in [3.63, 3.8) is 0 Å². The maximum Gasteiger partial charge on any atom is 0.122 e. The van der Waals surface area contributed by atoms with Gasteiger partial charge in [-0.25, -0.2) is 0 Å². The van der Waals surface area contributed by atoms with E-state index in [-0.39, 0.29) is 0 Å². The van der Waals surface area contributed by atoms with Crippen LogP contribution in [0.1, 0.15) is 38.8 Å². The molecule has 0 spiro atoms. The standard InChI is InChI=1S/C13H21N3S/c1-10(2)5-3-4-8-15-11-6-7-12(13(14)17)16-9-11/h6-7,9-10,15H,3-5,8H2,1-2H3,(H2,14,17). The Hall–Kier alpha value is -1.16. The minimum atomic E-state index is 0.341. The van der Waals surface area contributed by atoms with Crippen LogP contribution in [0.25, 0.3) is 0 Å². The minimum absolute atomic E-state index is 0.341. The van der Waals surface area contributed by atoms with Crippen LogP contribution < -0.4 is 11.1 Å². The number of hydrogen-bond acceptors (Lipinski definition) is 3. The van der Waals surface area contributed by atoms with Gasteiger partial charge in [0.05, 0.1) is 17.6 Å². The van der Waals surface area contributed by atoms with Gasteiger partial charge in [-0.3, -0.25) is 4.98 Å². The zero-order valence-electron chi connectivity index (χ0n) is 10.6. The maximum atomic E-state index is 5.48. The number of nitrogens with two attached hydrogens (primary N) is 1. The van der Waals surface area contributed by atoms with Crippen molar-refractivity contribution in [2.75, 3.05) is 11.9 Å². The molecule has 0 aliphatic carbocycles. The van der Waals surface area contributed by atoms with Gasteiger partial charge in [-0.15, -0.1) is 0 Å². The third-order valence-electron chi connectivity index (χ3n) is 2.55. The fraction of sp³-hybridized carbons (Fsp3) is 0.538. The third-order valence-corrected chi connectivity index (χ3v) is 2.76. The summed E-state index contributed by atoms with van der Waals surface area (Å²) in [6.45, 7) is 5.50. The molecule has 3 N–H and O–H groups in total. The summed E-state index contributed by atoms with van der Waals surface area (Å²) in [6, 6.07) is 3.81. The number of nitrogens with one attached hydrogen (secondary N) is 1. The Morgan fingerprint density at radius 1 is 1.41 bits per heavy atom. The highest BCUT2D eigenvalue weighted by molar-refractivity contribution is 7.80. The van der Waals surface area contributed by atoms with Gasteiger partial charge in [0.1, 0.15) is 4.99 Å². The molecule has 1 aromatic rings. The average molecular weight is 251 g/mol. The molecule has 0 bridgehead atoms. The van der Waals surface area contributed by atoms with E-state index in [1.165, 1.54) is 19.3 Å². The van der Waals surface area contributed by atoms with Crippen LogP contribution in [0.15, 0.2) is 18.3 Å². The first-order valence-electron chi connectivity index (χ1n) is 6.09. The molecule has 0 aliphatic heterocycles. The lowest BCUT2D eigenvalue weighted by atomic mass is 10.1. The van der Waals surface area contributed by atoms with Crippen LogP contribution >= 0.6 is 12.2 Å². The molecule has 0 saturated carbocycles. The largest absolute Gasteiger partial charge is 0.388 e. The van der Waals surface area contributed by atoms with Gasteiger partial charge < -0.3 is 11.1 Å². The van der Waals surface area contributed by atoms with Crippen molar-refractivity contribution >= 4 is 22.9 Å². The molecular formula is C13H21N3S. The molecule has 1 heterocycles. The van der Waals surface area contributed by atoms with Crippen LogP contribution in [0.5, 0.6) is 0 Å². The minimum Gasteiger partial charge on any atom is -0.388 e. The van der Waals surface area contributed by atoms with Crippen LogP contribution in [0, 0.1) is 5.92 Å². The molecule has 0 aliphatic rings. The van der Waals surface area contributed by atoms with Gasteiger partial charge in [0.15, 0.2) is 0 Å². The molecule has 17 heavy (non-hydrogen) atoms. The highest BCUT2D eigenvalue weighted by Crippen LogP contribution is 2.09. The Morgan fingerprint density at radius 3 is 2.71 bits per heavy atom. The molecule has 0 radical (unpaired) electrons. The predicted molar refractivity (Wildman–Crippen MR) is 77.3 cm³/mol. The summed E-state index contributed by atoms with van der Waals surface area (Å²) in [5, 5.41) is 3.34. The smallest absolute Gasteiger partial charge is 0.122 e. The van der Waals surface area contributed by atoms with Crippen molar-refractivity contribution in [2.45, 2.75) is 33.1 Å². The van der Waals surface area contributed by atoms with E-state index in [1.54, 1.807) is 6.20 Å².